The van der Waals surface area contributed by atoms with Gasteiger partial charge in [-0.25, -0.2) is 8.42 Å². The molecular weight excluding hydrogens is 406 g/mol. The van der Waals surface area contributed by atoms with Crippen molar-refractivity contribution in [3.05, 3.63) is 54.6 Å². The Kier molecular flexibility index (Phi) is 7.20. The third-order valence-corrected chi connectivity index (χ3v) is 6.71. The van der Waals surface area contributed by atoms with Gasteiger partial charge in [0.1, 0.15) is 13.2 Å². The predicted octanol–water partition coefficient (Wildman–Crippen LogP) is 1.62. The highest BCUT2D eigenvalue weighted by atomic mass is 32.2. The molecule has 160 valence electrons. The molecule has 0 spiro atoms. The van der Waals surface area contributed by atoms with E-state index in [9.17, 15) is 13.2 Å². The zero-order chi connectivity index (χ0) is 21.6. The normalized spacial score (nSPS) is 18.5. The molecular formula is C21H25N3O5S. The lowest BCUT2D eigenvalue weighted by Crippen LogP contribution is -2.46. The molecule has 0 aromatic heterocycles. The van der Waals surface area contributed by atoms with Crippen LogP contribution < -0.4 is 5.32 Å². The number of sulfonamides is 1. The van der Waals surface area contributed by atoms with Gasteiger partial charge < -0.3 is 15.3 Å². The first-order valence-corrected chi connectivity index (χ1v) is 11.1. The summed E-state index contributed by atoms with van der Waals surface area (Å²) >= 11 is 0. The lowest BCUT2D eigenvalue weighted by atomic mass is 10.1. The second-order valence-electron chi connectivity index (χ2n) is 6.87. The predicted molar refractivity (Wildman–Crippen MR) is 113 cm³/mol. The summed E-state index contributed by atoms with van der Waals surface area (Å²) in [5.74, 6) is -0.422. The smallest absolute Gasteiger partial charge is 0.244 e. The van der Waals surface area contributed by atoms with Crippen LogP contribution in [0.15, 0.2) is 64.6 Å². The van der Waals surface area contributed by atoms with Crippen molar-refractivity contribution in [3.63, 3.8) is 0 Å². The van der Waals surface area contributed by atoms with Gasteiger partial charge in [-0.2, -0.15) is 4.31 Å². The van der Waals surface area contributed by atoms with E-state index in [4.69, 9.17) is 9.94 Å². The Hall–Kier alpha value is -2.75. The molecule has 1 aliphatic heterocycles. The molecule has 0 aliphatic carbocycles. The Labute approximate surface area is 176 Å². The van der Waals surface area contributed by atoms with Crippen LogP contribution in [0.2, 0.25) is 0 Å². The van der Waals surface area contributed by atoms with E-state index >= 15 is 0 Å². The van der Waals surface area contributed by atoms with Gasteiger partial charge in [0.05, 0.1) is 17.2 Å². The minimum atomic E-state index is -3.93. The number of nitrogens with zero attached hydrogens (tertiary/aromatic N) is 2. The van der Waals surface area contributed by atoms with Gasteiger partial charge in [0.15, 0.2) is 0 Å². The summed E-state index contributed by atoms with van der Waals surface area (Å²) in [5.41, 5.74) is 2.36. The van der Waals surface area contributed by atoms with Gasteiger partial charge in [-0.05, 0) is 29.7 Å². The quantitative estimate of drug-likeness (QED) is 0.488. The Balaban J connectivity index is 1.86. The average Bonchev–Trinajstić information content (AvgIpc) is 3.20. The van der Waals surface area contributed by atoms with Crippen LogP contribution in [0.5, 0.6) is 0 Å². The molecule has 3 rings (SSSR count). The standard InChI is InChI=1S/C21H25N3O5S/c1-29-23-18-14-20(21(26)22-12-5-13-25)24(15-18)30(27,28)19-10-8-17(9-11-19)16-6-3-2-4-7-16/h2-4,6-11,20,25H,5,12-15H2,1H3,(H,22,26)/b23-18-/t20-/m0/s1. The topological polar surface area (TPSA) is 108 Å². The number of aliphatic hydroxyl groups excluding tert-OH is 1. The molecule has 2 aromatic rings. The van der Waals surface area contributed by atoms with Gasteiger partial charge in [0.25, 0.3) is 0 Å². The van der Waals surface area contributed by atoms with Gasteiger partial charge >= 0.3 is 0 Å². The Morgan fingerprint density at radius 2 is 1.83 bits per heavy atom. The van der Waals surface area contributed by atoms with Crippen LogP contribution in [0.1, 0.15) is 12.8 Å². The fourth-order valence-electron chi connectivity index (χ4n) is 3.34. The molecule has 1 aliphatic rings. The van der Waals surface area contributed by atoms with E-state index in [1.165, 1.54) is 7.11 Å². The Bertz CT molecular complexity index is 991. The fraction of sp³-hybridized carbons (Fsp3) is 0.333. The number of hydrogen-bond acceptors (Lipinski definition) is 6. The molecule has 0 saturated carbocycles. The molecule has 0 bridgehead atoms. The lowest BCUT2D eigenvalue weighted by Gasteiger charge is -2.23. The largest absolute Gasteiger partial charge is 0.399 e. The molecule has 30 heavy (non-hydrogen) atoms. The van der Waals surface area contributed by atoms with Crippen molar-refractivity contribution < 1.29 is 23.2 Å². The van der Waals surface area contributed by atoms with E-state index in [2.05, 4.69) is 10.5 Å². The maximum absolute atomic E-state index is 13.3. The number of aliphatic hydroxyl groups is 1. The van der Waals surface area contributed by atoms with Gasteiger partial charge in [0.2, 0.25) is 15.9 Å². The van der Waals surface area contributed by atoms with Crippen molar-refractivity contribution in [3.8, 4) is 11.1 Å². The number of oxime groups is 1. The summed E-state index contributed by atoms with van der Waals surface area (Å²) in [7, 11) is -2.55. The fourth-order valence-corrected chi connectivity index (χ4v) is 4.92. The lowest BCUT2D eigenvalue weighted by molar-refractivity contribution is -0.124. The minimum absolute atomic E-state index is 0.0192. The monoisotopic (exact) mass is 431 g/mol. The maximum atomic E-state index is 13.3. The summed E-state index contributed by atoms with van der Waals surface area (Å²) in [5, 5.41) is 15.4. The molecule has 0 unspecified atom stereocenters. The third-order valence-electron chi connectivity index (χ3n) is 4.84. The summed E-state index contributed by atoms with van der Waals surface area (Å²) in [6.07, 6.45) is 0.547. The zero-order valence-corrected chi connectivity index (χ0v) is 17.5. The van der Waals surface area contributed by atoms with Crippen LogP contribution in [-0.2, 0) is 19.7 Å². The van der Waals surface area contributed by atoms with Crippen LogP contribution in [-0.4, -0.2) is 62.3 Å². The second kappa shape index (κ2) is 9.84. The number of carbonyl (C=O) groups is 1. The molecule has 0 radical (unpaired) electrons. The van der Waals surface area contributed by atoms with Gasteiger partial charge in [-0.15, -0.1) is 0 Å². The second-order valence-corrected chi connectivity index (χ2v) is 8.76. The van der Waals surface area contributed by atoms with Crippen LogP contribution in [0, 0.1) is 0 Å². The van der Waals surface area contributed by atoms with E-state index in [1.54, 1.807) is 24.3 Å². The van der Waals surface area contributed by atoms with Gasteiger partial charge in [-0.3, -0.25) is 4.79 Å². The van der Waals surface area contributed by atoms with E-state index in [0.717, 1.165) is 15.4 Å². The summed E-state index contributed by atoms with van der Waals surface area (Å²) in [6, 6.07) is 15.3. The molecule has 9 heteroatoms. The minimum Gasteiger partial charge on any atom is -0.399 e. The maximum Gasteiger partial charge on any atom is 0.244 e. The number of rotatable bonds is 8. The highest BCUT2D eigenvalue weighted by Crippen LogP contribution is 2.27. The SMILES string of the molecule is CO/N=C1/C[C@@H](C(=O)NCCCO)N(S(=O)(=O)c2ccc(-c3ccccc3)cc2)C1. The molecule has 1 atom stereocenters. The van der Waals surface area contributed by atoms with Crippen LogP contribution in [0.3, 0.4) is 0 Å². The highest BCUT2D eigenvalue weighted by Gasteiger charge is 2.42. The van der Waals surface area contributed by atoms with Crippen molar-refractivity contribution in [2.24, 2.45) is 5.16 Å². The third kappa shape index (κ3) is 4.86. The number of nitrogens with one attached hydrogen (secondary N) is 1. The average molecular weight is 432 g/mol. The van der Waals surface area contributed by atoms with Gasteiger partial charge in [0, 0.05) is 19.6 Å². The molecule has 2 N–H and O–H groups in total. The zero-order valence-electron chi connectivity index (χ0n) is 16.7. The van der Waals surface area contributed by atoms with Crippen LogP contribution in [0.4, 0.5) is 0 Å². The first-order valence-electron chi connectivity index (χ1n) is 9.62. The molecule has 1 heterocycles. The first-order chi connectivity index (χ1) is 14.5. The van der Waals surface area contributed by atoms with E-state index in [0.29, 0.717) is 12.1 Å². The Morgan fingerprint density at radius 3 is 2.47 bits per heavy atom. The van der Waals surface area contributed by atoms with Crippen molar-refractivity contribution >= 4 is 21.6 Å². The summed E-state index contributed by atoms with van der Waals surface area (Å²) < 4.78 is 27.7. The van der Waals surface area contributed by atoms with Crippen molar-refractivity contribution in [2.75, 3.05) is 26.8 Å². The highest BCUT2D eigenvalue weighted by molar-refractivity contribution is 7.89. The number of carbonyl (C=O) groups excluding carboxylic acids is 1. The Morgan fingerprint density at radius 1 is 1.17 bits per heavy atom. The molecule has 2 aromatic carbocycles. The molecule has 1 amide bonds. The van der Waals surface area contributed by atoms with E-state index in [-0.39, 0.29) is 31.0 Å². The van der Waals surface area contributed by atoms with Crippen LogP contribution >= 0.6 is 0 Å². The molecule has 1 saturated heterocycles. The van der Waals surface area contributed by atoms with Crippen molar-refractivity contribution in [2.45, 2.75) is 23.8 Å². The van der Waals surface area contributed by atoms with E-state index in [1.807, 2.05) is 30.3 Å². The summed E-state index contributed by atoms with van der Waals surface area (Å²) in [4.78, 5) is 17.5. The van der Waals surface area contributed by atoms with Crippen molar-refractivity contribution in [1.82, 2.24) is 9.62 Å². The first kappa shape index (κ1) is 21.9. The van der Waals surface area contributed by atoms with Crippen LogP contribution in [0.25, 0.3) is 11.1 Å². The van der Waals surface area contributed by atoms with Gasteiger partial charge in [-0.1, -0.05) is 47.6 Å². The summed E-state index contributed by atoms with van der Waals surface area (Å²) in [6.45, 7) is 0.189. The number of amides is 1. The van der Waals surface area contributed by atoms with E-state index < -0.39 is 22.0 Å². The number of hydrogen-bond donors (Lipinski definition) is 2. The molecule has 1 fully saturated rings. The molecule has 8 nitrogen and oxygen atoms in total. The van der Waals surface area contributed by atoms with Crippen molar-refractivity contribution in [1.29, 1.82) is 0 Å². The number of benzene rings is 2.